The lowest BCUT2D eigenvalue weighted by atomic mass is 10.0. The first kappa shape index (κ1) is 14.5. The van der Waals surface area contributed by atoms with Crippen LogP contribution in [-0.2, 0) is 4.79 Å². The average Bonchev–Trinajstić information content (AvgIpc) is 2.38. The van der Waals surface area contributed by atoms with Gasteiger partial charge in [0, 0.05) is 19.1 Å². The topological polar surface area (TPSA) is 35.6 Å². The van der Waals surface area contributed by atoms with Gasteiger partial charge in [0.25, 0.3) is 0 Å². The molecule has 1 N–H and O–H groups in total. The molecule has 1 amide bonds. The molecule has 0 aromatic carbocycles. The Hall–Kier alpha value is -0.610. The Bertz CT molecular complexity index is 223. The van der Waals surface area contributed by atoms with Crippen molar-refractivity contribution in [3.05, 3.63) is 0 Å². The van der Waals surface area contributed by atoms with Gasteiger partial charge in [-0.1, -0.05) is 6.92 Å². The summed E-state index contributed by atoms with van der Waals surface area (Å²) in [5.41, 5.74) is 0. The minimum absolute atomic E-state index is 0.274. The van der Waals surface area contributed by atoms with E-state index >= 15 is 0 Å². The molecule has 17 heavy (non-hydrogen) atoms. The van der Waals surface area contributed by atoms with E-state index in [9.17, 15) is 4.79 Å². The summed E-state index contributed by atoms with van der Waals surface area (Å²) in [6, 6.07) is 0.584. The second kappa shape index (κ2) is 7.67. The fraction of sp³-hybridized carbons (Fsp3) is 0.923. The number of piperidine rings is 1. The fourth-order valence-corrected chi connectivity index (χ4v) is 2.52. The molecule has 4 nitrogen and oxygen atoms in total. The molecule has 0 unspecified atom stereocenters. The minimum Gasteiger partial charge on any atom is -0.342 e. The van der Waals surface area contributed by atoms with Crippen molar-refractivity contribution in [3.8, 4) is 0 Å². The predicted octanol–water partition coefficient (Wildman–Crippen LogP) is 0.929. The molecule has 0 spiro atoms. The van der Waals surface area contributed by atoms with Crippen LogP contribution in [-0.4, -0.2) is 61.0 Å². The molecule has 0 radical (unpaired) electrons. The van der Waals surface area contributed by atoms with Gasteiger partial charge >= 0.3 is 0 Å². The molecule has 0 aliphatic carbocycles. The monoisotopic (exact) mass is 241 g/mol. The molecule has 100 valence electrons. The van der Waals surface area contributed by atoms with Gasteiger partial charge in [0.1, 0.15) is 0 Å². The summed E-state index contributed by atoms with van der Waals surface area (Å²) < 4.78 is 0. The van der Waals surface area contributed by atoms with Crippen molar-refractivity contribution in [1.82, 2.24) is 15.1 Å². The first-order valence-electron chi connectivity index (χ1n) is 6.95. The summed E-state index contributed by atoms with van der Waals surface area (Å²) in [4.78, 5) is 16.3. The molecule has 1 aliphatic rings. The van der Waals surface area contributed by atoms with Crippen LogP contribution in [0.15, 0.2) is 0 Å². The van der Waals surface area contributed by atoms with Gasteiger partial charge in [-0.05, 0) is 46.3 Å². The summed E-state index contributed by atoms with van der Waals surface area (Å²) in [5, 5.41) is 3.37. The molecule has 0 aromatic rings. The Kier molecular flexibility index (Phi) is 6.52. The van der Waals surface area contributed by atoms with Gasteiger partial charge in [0.05, 0.1) is 6.54 Å². The van der Waals surface area contributed by atoms with Gasteiger partial charge in [-0.2, -0.15) is 0 Å². The normalized spacial score (nSPS) is 17.4. The number of hydrogen-bond donors (Lipinski definition) is 1. The second-order valence-electron chi connectivity index (χ2n) is 4.61. The summed E-state index contributed by atoms with van der Waals surface area (Å²) >= 11 is 0. The lowest BCUT2D eigenvalue weighted by Crippen LogP contribution is -2.48. The van der Waals surface area contributed by atoms with Crippen LogP contribution < -0.4 is 5.32 Å². The van der Waals surface area contributed by atoms with Crippen molar-refractivity contribution in [2.75, 3.05) is 39.3 Å². The van der Waals surface area contributed by atoms with Crippen LogP contribution in [0.25, 0.3) is 0 Å². The zero-order valence-electron chi connectivity index (χ0n) is 11.5. The highest BCUT2D eigenvalue weighted by atomic mass is 16.2. The van der Waals surface area contributed by atoms with E-state index in [1.807, 2.05) is 18.7 Å². The van der Waals surface area contributed by atoms with Crippen LogP contribution in [0.3, 0.4) is 0 Å². The SMILES string of the molecule is CCN(CC)C(=O)CN(CC)C1CCNCC1. The van der Waals surface area contributed by atoms with Crippen molar-refractivity contribution in [2.24, 2.45) is 0 Å². The number of nitrogens with one attached hydrogen (secondary N) is 1. The highest BCUT2D eigenvalue weighted by molar-refractivity contribution is 5.78. The Labute approximate surface area is 105 Å². The molecule has 0 bridgehead atoms. The van der Waals surface area contributed by atoms with Crippen LogP contribution in [0.1, 0.15) is 33.6 Å². The van der Waals surface area contributed by atoms with E-state index in [2.05, 4.69) is 17.1 Å². The van der Waals surface area contributed by atoms with E-state index in [1.165, 1.54) is 12.8 Å². The smallest absolute Gasteiger partial charge is 0.236 e. The summed E-state index contributed by atoms with van der Waals surface area (Å²) in [7, 11) is 0. The molecule has 0 aromatic heterocycles. The third-order valence-electron chi connectivity index (χ3n) is 3.69. The highest BCUT2D eigenvalue weighted by Crippen LogP contribution is 2.11. The average molecular weight is 241 g/mol. The maximum absolute atomic E-state index is 12.1. The third kappa shape index (κ3) is 4.28. The van der Waals surface area contributed by atoms with E-state index < -0.39 is 0 Å². The molecule has 1 rings (SSSR count). The molecule has 0 saturated carbocycles. The lowest BCUT2D eigenvalue weighted by molar-refractivity contribution is -0.132. The summed E-state index contributed by atoms with van der Waals surface area (Å²) in [6.07, 6.45) is 2.33. The number of rotatable bonds is 6. The van der Waals surface area contributed by atoms with Crippen LogP contribution in [0.2, 0.25) is 0 Å². The first-order valence-corrected chi connectivity index (χ1v) is 6.95. The molecule has 1 heterocycles. The number of likely N-dealkylation sites (N-methyl/N-ethyl adjacent to an activating group) is 2. The van der Waals surface area contributed by atoms with Gasteiger partial charge in [0.15, 0.2) is 0 Å². The van der Waals surface area contributed by atoms with Gasteiger partial charge in [0.2, 0.25) is 5.91 Å². The van der Waals surface area contributed by atoms with Crippen molar-refractivity contribution in [1.29, 1.82) is 0 Å². The number of hydrogen-bond acceptors (Lipinski definition) is 3. The third-order valence-corrected chi connectivity index (χ3v) is 3.69. The minimum atomic E-state index is 0.274. The molecule has 1 saturated heterocycles. The predicted molar refractivity (Wildman–Crippen MR) is 71.1 cm³/mol. The van der Waals surface area contributed by atoms with Crippen LogP contribution in [0, 0.1) is 0 Å². The van der Waals surface area contributed by atoms with Crippen molar-refractivity contribution in [2.45, 2.75) is 39.7 Å². The van der Waals surface area contributed by atoms with Gasteiger partial charge in [-0.25, -0.2) is 0 Å². The van der Waals surface area contributed by atoms with Gasteiger partial charge < -0.3 is 10.2 Å². The molecule has 4 heteroatoms. The van der Waals surface area contributed by atoms with Gasteiger partial charge in [-0.15, -0.1) is 0 Å². The number of carbonyl (C=O) groups is 1. The fourth-order valence-electron chi connectivity index (χ4n) is 2.52. The summed E-state index contributed by atoms with van der Waals surface area (Å²) in [5.74, 6) is 0.274. The number of amides is 1. The molecular formula is C13H27N3O. The van der Waals surface area contributed by atoms with Crippen molar-refractivity contribution >= 4 is 5.91 Å². The number of carbonyl (C=O) groups excluding carboxylic acids is 1. The van der Waals surface area contributed by atoms with Crippen LogP contribution in [0.5, 0.6) is 0 Å². The lowest BCUT2D eigenvalue weighted by Gasteiger charge is -2.34. The maximum atomic E-state index is 12.1. The van der Waals surface area contributed by atoms with E-state index in [-0.39, 0.29) is 5.91 Å². The van der Waals surface area contributed by atoms with Crippen LogP contribution in [0.4, 0.5) is 0 Å². The molecule has 0 atom stereocenters. The number of nitrogens with zero attached hydrogens (tertiary/aromatic N) is 2. The Morgan fingerprint density at radius 3 is 2.18 bits per heavy atom. The Balaban J connectivity index is 2.47. The first-order chi connectivity index (χ1) is 8.22. The van der Waals surface area contributed by atoms with Gasteiger partial charge in [-0.3, -0.25) is 9.69 Å². The zero-order chi connectivity index (χ0) is 12.7. The van der Waals surface area contributed by atoms with E-state index in [4.69, 9.17) is 0 Å². The molecule has 1 aliphatic heterocycles. The van der Waals surface area contributed by atoms with E-state index in [0.717, 1.165) is 32.7 Å². The van der Waals surface area contributed by atoms with Crippen molar-refractivity contribution < 1.29 is 4.79 Å². The Morgan fingerprint density at radius 1 is 1.12 bits per heavy atom. The Morgan fingerprint density at radius 2 is 1.71 bits per heavy atom. The van der Waals surface area contributed by atoms with Crippen molar-refractivity contribution in [3.63, 3.8) is 0 Å². The molecular weight excluding hydrogens is 214 g/mol. The highest BCUT2D eigenvalue weighted by Gasteiger charge is 2.22. The zero-order valence-corrected chi connectivity index (χ0v) is 11.5. The maximum Gasteiger partial charge on any atom is 0.236 e. The van der Waals surface area contributed by atoms with E-state index in [1.54, 1.807) is 0 Å². The van der Waals surface area contributed by atoms with E-state index in [0.29, 0.717) is 12.6 Å². The quantitative estimate of drug-likeness (QED) is 0.751. The summed E-state index contributed by atoms with van der Waals surface area (Å²) in [6.45, 7) is 11.6. The standard InChI is InChI=1S/C13H27N3O/c1-4-15(5-2)13(17)11-16(6-3)12-7-9-14-10-8-12/h12,14H,4-11H2,1-3H3. The van der Waals surface area contributed by atoms with Crippen LogP contribution >= 0.6 is 0 Å². The second-order valence-corrected chi connectivity index (χ2v) is 4.61. The largest absolute Gasteiger partial charge is 0.342 e. The molecule has 1 fully saturated rings.